The largest absolute Gasteiger partial charge is 0.508 e. The highest BCUT2D eigenvalue weighted by molar-refractivity contribution is 5.27. The number of phenols is 1. The van der Waals surface area contributed by atoms with Gasteiger partial charge in [-0.05, 0) is 31.5 Å². The first-order chi connectivity index (χ1) is 10.5. The summed E-state index contributed by atoms with van der Waals surface area (Å²) in [6, 6.07) is 7.44. The Kier molecular flexibility index (Phi) is 6.64. The van der Waals surface area contributed by atoms with Crippen molar-refractivity contribution in [3.63, 3.8) is 0 Å². The van der Waals surface area contributed by atoms with Gasteiger partial charge in [-0.3, -0.25) is 9.80 Å². The lowest BCUT2D eigenvalue weighted by Crippen LogP contribution is -2.48. The number of benzene rings is 1. The smallest absolute Gasteiger partial charge is 0.115 e. The Morgan fingerprint density at radius 1 is 1.14 bits per heavy atom. The van der Waals surface area contributed by atoms with Crippen LogP contribution < -0.4 is 0 Å². The highest BCUT2D eigenvalue weighted by atomic mass is 16.5. The predicted octanol–water partition coefficient (Wildman–Crippen LogP) is 1.30. The van der Waals surface area contributed by atoms with Crippen molar-refractivity contribution in [3.05, 3.63) is 29.8 Å². The maximum Gasteiger partial charge on any atom is 0.115 e. The highest BCUT2D eigenvalue weighted by Gasteiger charge is 2.19. The fraction of sp³-hybridized carbons (Fsp3) is 0.647. The van der Waals surface area contributed by atoms with Crippen LogP contribution in [0.15, 0.2) is 24.3 Å². The number of piperazine rings is 1. The summed E-state index contributed by atoms with van der Waals surface area (Å²) in [5, 5.41) is 19.5. The van der Waals surface area contributed by atoms with Crippen LogP contribution in [0, 0.1) is 0 Å². The molecular formula is C17H28N2O3. The molecule has 5 heteroatoms. The summed E-state index contributed by atoms with van der Waals surface area (Å²) >= 11 is 0. The predicted molar refractivity (Wildman–Crippen MR) is 86.9 cm³/mol. The van der Waals surface area contributed by atoms with Crippen molar-refractivity contribution in [2.24, 2.45) is 0 Å². The van der Waals surface area contributed by atoms with Crippen molar-refractivity contribution in [3.8, 4) is 5.75 Å². The molecule has 1 aromatic carbocycles. The van der Waals surface area contributed by atoms with Gasteiger partial charge in [0.15, 0.2) is 0 Å². The number of ether oxygens (including phenoxy) is 1. The quantitative estimate of drug-likeness (QED) is 0.795. The molecule has 0 saturated carbocycles. The normalized spacial score (nSPS) is 18.7. The highest BCUT2D eigenvalue weighted by Crippen LogP contribution is 2.14. The van der Waals surface area contributed by atoms with E-state index in [1.165, 1.54) is 0 Å². The average Bonchev–Trinajstić information content (AvgIpc) is 2.47. The monoisotopic (exact) mass is 308 g/mol. The van der Waals surface area contributed by atoms with Gasteiger partial charge in [0.25, 0.3) is 0 Å². The van der Waals surface area contributed by atoms with Crippen LogP contribution in [0.4, 0.5) is 0 Å². The third-order valence-electron chi connectivity index (χ3n) is 3.87. The van der Waals surface area contributed by atoms with E-state index < -0.39 is 6.10 Å². The Hall–Kier alpha value is -1.14. The Balaban J connectivity index is 1.69. The summed E-state index contributed by atoms with van der Waals surface area (Å²) in [4.78, 5) is 4.66. The van der Waals surface area contributed by atoms with Crippen LogP contribution in [0.5, 0.6) is 5.75 Å². The van der Waals surface area contributed by atoms with E-state index in [0.717, 1.165) is 38.3 Å². The maximum atomic E-state index is 9.97. The molecule has 0 aromatic heterocycles. The Morgan fingerprint density at radius 3 is 2.45 bits per heavy atom. The molecule has 22 heavy (non-hydrogen) atoms. The minimum absolute atomic E-state index is 0.161. The molecule has 0 bridgehead atoms. The van der Waals surface area contributed by atoms with E-state index in [9.17, 15) is 10.2 Å². The summed E-state index contributed by atoms with van der Waals surface area (Å²) < 4.78 is 5.45. The van der Waals surface area contributed by atoms with Crippen LogP contribution in [0.2, 0.25) is 0 Å². The van der Waals surface area contributed by atoms with E-state index in [2.05, 4.69) is 9.80 Å². The van der Waals surface area contributed by atoms with E-state index in [0.29, 0.717) is 18.9 Å². The molecule has 0 spiro atoms. The maximum absolute atomic E-state index is 9.97. The minimum atomic E-state index is -0.417. The van der Waals surface area contributed by atoms with Gasteiger partial charge < -0.3 is 14.9 Å². The molecule has 5 nitrogen and oxygen atoms in total. The van der Waals surface area contributed by atoms with Crippen molar-refractivity contribution >= 4 is 0 Å². The van der Waals surface area contributed by atoms with Gasteiger partial charge in [-0.15, -0.1) is 0 Å². The lowest BCUT2D eigenvalue weighted by Gasteiger charge is -2.35. The molecule has 2 N–H and O–H groups in total. The van der Waals surface area contributed by atoms with E-state index in [-0.39, 0.29) is 6.10 Å². The number of aromatic hydroxyl groups is 1. The summed E-state index contributed by atoms with van der Waals surface area (Å²) in [5.41, 5.74) is 1.14. The first-order valence-electron chi connectivity index (χ1n) is 8.05. The van der Waals surface area contributed by atoms with Gasteiger partial charge in [-0.2, -0.15) is 0 Å². The number of aliphatic hydroxyl groups excluding tert-OH is 1. The van der Waals surface area contributed by atoms with Gasteiger partial charge >= 0.3 is 0 Å². The lowest BCUT2D eigenvalue weighted by molar-refractivity contribution is -0.0148. The second kappa shape index (κ2) is 8.48. The van der Waals surface area contributed by atoms with Crippen molar-refractivity contribution in [2.75, 3.05) is 39.3 Å². The van der Waals surface area contributed by atoms with Crippen LogP contribution >= 0.6 is 0 Å². The van der Waals surface area contributed by atoms with Crippen LogP contribution in [0.3, 0.4) is 0 Å². The Bertz CT molecular complexity index is 445. The van der Waals surface area contributed by atoms with Gasteiger partial charge in [0.05, 0.1) is 18.8 Å². The summed E-state index contributed by atoms with van der Waals surface area (Å²) in [6.45, 7) is 9.77. The molecule has 0 radical (unpaired) electrons. The van der Waals surface area contributed by atoms with Gasteiger partial charge in [0.1, 0.15) is 5.75 Å². The molecule has 1 saturated heterocycles. The van der Waals surface area contributed by atoms with E-state index in [4.69, 9.17) is 4.74 Å². The number of rotatable bonds is 7. The molecule has 1 aliphatic rings. The Morgan fingerprint density at radius 2 is 1.82 bits per heavy atom. The molecule has 1 aromatic rings. The van der Waals surface area contributed by atoms with Crippen LogP contribution in [0.1, 0.15) is 19.4 Å². The second-order valence-corrected chi connectivity index (χ2v) is 6.28. The van der Waals surface area contributed by atoms with Crippen molar-refractivity contribution < 1.29 is 14.9 Å². The first-order valence-corrected chi connectivity index (χ1v) is 8.05. The molecule has 1 atom stereocenters. The molecule has 0 aliphatic carbocycles. The minimum Gasteiger partial charge on any atom is -0.508 e. The third-order valence-corrected chi connectivity index (χ3v) is 3.87. The molecule has 1 heterocycles. The molecule has 1 fully saturated rings. The number of hydrogen-bond donors (Lipinski definition) is 2. The van der Waals surface area contributed by atoms with E-state index in [1.54, 1.807) is 6.07 Å². The van der Waals surface area contributed by atoms with E-state index in [1.807, 2.05) is 32.0 Å². The van der Waals surface area contributed by atoms with Gasteiger partial charge in [0.2, 0.25) is 0 Å². The van der Waals surface area contributed by atoms with Crippen LogP contribution in [-0.2, 0) is 11.3 Å². The van der Waals surface area contributed by atoms with E-state index >= 15 is 0 Å². The van der Waals surface area contributed by atoms with Crippen LogP contribution in [0.25, 0.3) is 0 Å². The number of phenolic OH excluding ortho intramolecular Hbond substituents is 1. The zero-order chi connectivity index (χ0) is 15.9. The van der Waals surface area contributed by atoms with Crippen molar-refractivity contribution in [2.45, 2.75) is 32.6 Å². The van der Waals surface area contributed by atoms with Crippen molar-refractivity contribution in [1.82, 2.24) is 9.80 Å². The first kappa shape index (κ1) is 17.2. The number of β-amino-alcohol motifs (C(OH)–C–C–N with tert-alkyl or cyclic N) is 1. The topological polar surface area (TPSA) is 56.2 Å². The number of hydrogen-bond acceptors (Lipinski definition) is 5. The van der Waals surface area contributed by atoms with Crippen molar-refractivity contribution in [1.29, 1.82) is 0 Å². The SMILES string of the molecule is CC(C)OCC(O)CN1CCN(Cc2cccc(O)c2)CC1. The zero-order valence-corrected chi connectivity index (χ0v) is 13.6. The average molecular weight is 308 g/mol. The summed E-state index contributed by atoms with van der Waals surface area (Å²) in [6.07, 6.45) is -0.256. The number of nitrogens with zero attached hydrogens (tertiary/aromatic N) is 2. The van der Waals surface area contributed by atoms with Crippen LogP contribution in [-0.4, -0.2) is 71.6 Å². The second-order valence-electron chi connectivity index (χ2n) is 6.28. The molecular weight excluding hydrogens is 280 g/mol. The molecule has 1 unspecified atom stereocenters. The molecule has 124 valence electrons. The zero-order valence-electron chi connectivity index (χ0n) is 13.6. The molecule has 1 aliphatic heterocycles. The standard InChI is InChI=1S/C17H28N2O3/c1-14(2)22-13-17(21)12-19-8-6-18(7-9-19)11-15-4-3-5-16(20)10-15/h3-5,10,14,17,20-21H,6-9,11-13H2,1-2H3. The van der Waals surface area contributed by atoms with Gasteiger partial charge in [0, 0.05) is 39.3 Å². The Labute approximate surface area is 133 Å². The summed E-state index contributed by atoms with van der Waals surface area (Å²) in [5.74, 6) is 0.324. The molecule has 2 rings (SSSR count). The number of aliphatic hydroxyl groups is 1. The third kappa shape index (κ3) is 5.93. The lowest BCUT2D eigenvalue weighted by atomic mass is 10.2. The van der Waals surface area contributed by atoms with Gasteiger partial charge in [-0.25, -0.2) is 0 Å². The summed E-state index contributed by atoms with van der Waals surface area (Å²) in [7, 11) is 0. The fourth-order valence-corrected chi connectivity index (χ4v) is 2.70. The van der Waals surface area contributed by atoms with Gasteiger partial charge in [-0.1, -0.05) is 12.1 Å². The molecule has 0 amide bonds. The fourth-order valence-electron chi connectivity index (χ4n) is 2.70.